The lowest BCUT2D eigenvalue weighted by Gasteiger charge is -2.32. The Kier molecular flexibility index (Phi) is 20.3. The number of aryl methyl sites for hydroxylation is 3. The van der Waals surface area contributed by atoms with Crippen molar-refractivity contribution in [3.63, 3.8) is 0 Å². The molecule has 4 N–H and O–H groups in total. The van der Waals surface area contributed by atoms with E-state index in [1.807, 2.05) is 0 Å². The Morgan fingerprint density at radius 1 is 0.650 bits per heavy atom. The summed E-state index contributed by atoms with van der Waals surface area (Å²) >= 11 is 0. The van der Waals surface area contributed by atoms with Crippen molar-refractivity contribution in [2.45, 2.75) is 156 Å². The summed E-state index contributed by atoms with van der Waals surface area (Å²) in [6.07, 6.45) is 19.6. The first kappa shape index (κ1) is 48.7. The molecule has 0 amide bonds. The predicted molar refractivity (Wildman–Crippen MR) is 252 cm³/mol. The molecule has 60 heavy (non-hydrogen) atoms. The van der Waals surface area contributed by atoms with Gasteiger partial charge in [-0.05, 0) is 171 Å². The highest BCUT2D eigenvalue weighted by Crippen LogP contribution is 2.39. The van der Waals surface area contributed by atoms with Gasteiger partial charge in [-0.25, -0.2) is 9.59 Å². The van der Waals surface area contributed by atoms with Gasteiger partial charge in [-0.2, -0.15) is 0 Å². The molecule has 4 rings (SSSR count). The fraction of sp³-hybridized carbons (Fsp3) is 0.556. The van der Waals surface area contributed by atoms with Gasteiger partial charge >= 0.3 is 11.9 Å². The third-order valence-corrected chi connectivity index (χ3v) is 13.2. The minimum absolute atomic E-state index is 0.131. The molecule has 3 aromatic rings. The van der Waals surface area contributed by atoms with Crippen molar-refractivity contribution in [1.82, 2.24) is 0 Å². The zero-order valence-electron chi connectivity index (χ0n) is 38.1. The van der Waals surface area contributed by atoms with Crippen LogP contribution in [0.4, 0.5) is 0 Å². The third-order valence-electron chi connectivity index (χ3n) is 13.2. The van der Waals surface area contributed by atoms with Crippen molar-refractivity contribution in [3.8, 4) is 22.3 Å². The van der Waals surface area contributed by atoms with Crippen LogP contribution in [0, 0.1) is 11.3 Å². The molecular formula is C54H78N2O4. The molecule has 0 unspecified atom stereocenters. The molecule has 1 fully saturated rings. The molecule has 3 aromatic carbocycles. The van der Waals surface area contributed by atoms with Crippen molar-refractivity contribution in [2.75, 3.05) is 26.3 Å². The normalized spacial score (nSPS) is 15.4. The maximum absolute atomic E-state index is 12.3. The Morgan fingerprint density at radius 2 is 1.20 bits per heavy atom. The van der Waals surface area contributed by atoms with E-state index in [2.05, 4.69) is 88.5 Å². The van der Waals surface area contributed by atoms with Crippen LogP contribution in [0.2, 0.25) is 0 Å². The topological polar surface area (TPSA) is 105 Å². The fourth-order valence-corrected chi connectivity index (χ4v) is 9.14. The summed E-state index contributed by atoms with van der Waals surface area (Å²) in [7, 11) is 0. The molecule has 1 saturated carbocycles. The van der Waals surface area contributed by atoms with Crippen LogP contribution in [0.1, 0.15) is 158 Å². The van der Waals surface area contributed by atoms with Gasteiger partial charge in [0.2, 0.25) is 0 Å². The number of hydrogen-bond donors (Lipinski definition) is 2. The van der Waals surface area contributed by atoms with E-state index in [1.165, 1.54) is 101 Å². The van der Waals surface area contributed by atoms with Crippen LogP contribution in [-0.4, -0.2) is 38.2 Å². The highest BCUT2D eigenvalue weighted by atomic mass is 16.5. The molecule has 0 bridgehead atoms. The fourth-order valence-electron chi connectivity index (χ4n) is 9.14. The number of hydrogen-bond acceptors (Lipinski definition) is 6. The summed E-state index contributed by atoms with van der Waals surface area (Å²) < 4.78 is 11.1. The van der Waals surface area contributed by atoms with E-state index in [0.717, 1.165) is 57.3 Å². The van der Waals surface area contributed by atoms with E-state index in [9.17, 15) is 9.59 Å². The number of carbonyl (C=O) groups is 2. The monoisotopic (exact) mass is 819 g/mol. The number of unbranched alkanes of at least 4 members (excludes halogenated alkanes) is 3. The summed E-state index contributed by atoms with van der Waals surface area (Å²) in [4.78, 5) is 24.5. The highest BCUT2D eigenvalue weighted by Gasteiger charge is 2.28. The molecule has 0 heterocycles. The second kappa shape index (κ2) is 25.1. The molecule has 0 aromatic heterocycles. The Labute approximate surface area is 364 Å². The quantitative estimate of drug-likeness (QED) is 0.0475. The molecule has 1 aliphatic rings. The van der Waals surface area contributed by atoms with Gasteiger partial charge in [-0.3, -0.25) is 0 Å². The Bertz CT molecular complexity index is 1780. The van der Waals surface area contributed by atoms with Crippen molar-refractivity contribution in [2.24, 2.45) is 22.8 Å². The molecule has 1 aliphatic carbocycles. The number of esters is 2. The molecule has 328 valence electrons. The van der Waals surface area contributed by atoms with E-state index >= 15 is 0 Å². The molecule has 0 aliphatic heterocycles. The van der Waals surface area contributed by atoms with Crippen LogP contribution < -0.4 is 11.5 Å². The van der Waals surface area contributed by atoms with Crippen LogP contribution in [0.15, 0.2) is 78.9 Å². The molecule has 0 spiro atoms. The van der Waals surface area contributed by atoms with Crippen LogP contribution in [0.5, 0.6) is 0 Å². The summed E-state index contributed by atoms with van der Waals surface area (Å²) in [6.45, 7) is 19.3. The van der Waals surface area contributed by atoms with E-state index in [4.69, 9.17) is 20.9 Å². The minimum atomic E-state index is -0.358. The summed E-state index contributed by atoms with van der Waals surface area (Å²) in [6, 6.07) is 21.1. The van der Waals surface area contributed by atoms with Gasteiger partial charge in [0, 0.05) is 11.1 Å². The Morgan fingerprint density at radius 3 is 1.72 bits per heavy atom. The number of rotatable bonds is 26. The molecule has 0 radical (unpaired) electrons. The lowest BCUT2D eigenvalue weighted by atomic mass is 9.76. The highest BCUT2D eigenvalue weighted by molar-refractivity contribution is 5.87. The van der Waals surface area contributed by atoms with Gasteiger partial charge in [0.25, 0.3) is 0 Å². The zero-order chi connectivity index (χ0) is 43.5. The molecule has 6 nitrogen and oxygen atoms in total. The largest absolute Gasteiger partial charge is 0.462 e. The minimum Gasteiger partial charge on any atom is -0.462 e. The van der Waals surface area contributed by atoms with Crippen LogP contribution in [0.3, 0.4) is 0 Å². The predicted octanol–water partition coefficient (Wildman–Crippen LogP) is 12.6. The van der Waals surface area contributed by atoms with Gasteiger partial charge in [0.1, 0.15) is 0 Å². The third kappa shape index (κ3) is 14.3. The first-order valence-electron chi connectivity index (χ1n) is 23.4. The summed E-state index contributed by atoms with van der Waals surface area (Å²) in [5, 5.41) is 0. The lowest BCUT2D eigenvalue weighted by molar-refractivity contribution is -0.139. The average Bonchev–Trinajstić information content (AvgIpc) is 3.27. The van der Waals surface area contributed by atoms with Crippen LogP contribution in [-0.2, 0) is 44.7 Å². The van der Waals surface area contributed by atoms with Crippen molar-refractivity contribution < 1.29 is 19.1 Å². The van der Waals surface area contributed by atoms with E-state index in [0.29, 0.717) is 56.2 Å². The second-order valence-electron chi connectivity index (χ2n) is 17.9. The number of benzene rings is 3. The maximum atomic E-state index is 12.3. The van der Waals surface area contributed by atoms with Crippen molar-refractivity contribution >= 4 is 11.9 Å². The number of ether oxygens (including phenoxy) is 2. The zero-order valence-corrected chi connectivity index (χ0v) is 38.1. The Hall–Kier alpha value is -4.00. The van der Waals surface area contributed by atoms with Crippen LogP contribution >= 0.6 is 0 Å². The van der Waals surface area contributed by atoms with E-state index < -0.39 is 0 Å². The van der Waals surface area contributed by atoms with E-state index in [1.54, 1.807) is 13.8 Å². The van der Waals surface area contributed by atoms with Gasteiger partial charge in [-0.15, -0.1) is 0 Å². The smallest absolute Gasteiger partial charge is 0.333 e. The van der Waals surface area contributed by atoms with Crippen molar-refractivity contribution in [1.29, 1.82) is 0 Å². The number of nitrogens with two attached hydrogens (primary N) is 2. The van der Waals surface area contributed by atoms with Gasteiger partial charge in [0.15, 0.2) is 0 Å². The summed E-state index contributed by atoms with van der Waals surface area (Å²) in [5.41, 5.74) is 25.1. The second-order valence-corrected chi connectivity index (χ2v) is 17.9. The van der Waals surface area contributed by atoms with Crippen molar-refractivity contribution in [3.05, 3.63) is 107 Å². The average molecular weight is 819 g/mol. The molecule has 6 heteroatoms. The molecule has 0 saturated heterocycles. The van der Waals surface area contributed by atoms with Crippen LogP contribution in [0.25, 0.3) is 22.3 Å². The lowest BCUT2D eigenvalue weighted by Crippen LogP contribution is -2.38. The standard InChI is InChI=1S/C54H78N2O4/c1-8-11-13-16-41-19-21-43(22-20-41)44-23-25-45(26-24-44)46-27-28-50(42(10-3)34-46)49-35-47(17-14-32-59-52(57)39(4)5)51(29-31-54(37-55,38-56)30-12-9-2)48(36-49)18-15-33-60-53(58)40(6)7/h23-28,34-36,41,43H,4,6,8-22,29-33,37-38,55-56H2,1-3,5,7H3. The Balaban J connectivity index is 1.67. The van der Waals surface area contributed by atoms with Gasteiger partial charge in [-0.1, -0.05) is 127 Å². The van der Waals surface area contributed by atoms with Gasteiger partial charge < -0.3 is 20.9 Å². The molecular weight excluding hydrogens is 741 g/mol. The summed E-state index contributed by atoms with van der Waals surface area (Å²) in [5.74, 6) is 0.879. The first-order chi connectivity index (χ1) is 29.0. The van der Waals surface area contributed by atoms with E-state index in [-0.39, 0.29) is 17.4 Å². The molecule has 0 atom stereocenters. The van der Waals surface area contributed by atoms with Gasteiger partial charge in [0.05, 0.1) is 13.2 Å². The SMILES string of the molecule is C=C(C)C(=O)OCCCc1cc(-c2ccc(-c3ccc(C4CCC(CCCCC)CC4)cc3)cc2CC)cc(CCCOC(=O)C(=C)C)c1CCC(CN)(CN)CCCC. The number of carbonyl (C=O) groups excluding carboxylic acids is 2. The first-order valence-corrected chi connectivity index (χ1v) is 23.4. The maximum Gasteiger partial charge on any atom is 0.333 e.